The SMILES string of the molecule is CN(CC(O)c1ccccc1)C(C)(C)C. The van der Waals surface area contributed by atoms with E-state index in [0.717, 1.165) is 5.56 Å². The number of β-amino-alcohol motifs (C(OH)–C–C–N with tert-alkyl or cyclic N) is 1. The van der Waals surface area contributed by atoms with Crippen molar-refractivity contribution < 1.29 is 5.11 Å². The van der Waals surface area contributed by atoms with Crippen LogP contribution in [0.25, 0.3) is 0 Å². The first-order chi connectivity index (χ1) is 6.91. The lowest BCUT2D eigenvalue weighted by Crippen LogP contribution is -2.40. The Morgan fingerprint density at radius 1 is 1.20 bits per heavy atom. The number of benzene rings is 1. The van der Waals surface area contributed by atoms with Gasteiger partial charge in [0, 0.05) is 12.1 Å². The highest BCUT2D eigenvalue weighted by Gasteiger charge is 2.20. The molecule has 1 atom stereocenters. The maximum absolute atomic E-state index is 10.0. The molecule has 1 aromatic rings. The number of nitrogens with zero attached hydrogens (tertiary/aromatic N) is 1. The number of rotatable bonds is 3. The Bertz CT molecular complexity index is 289. The van der Waals surface area contributed by atoms with E-state index in [1.54, 1.807) is 0 Å². The topological polar surface area (TPSA) is 23.5 Å². The highest BCUT2D eigenvalue weighted by atomic mass is 16.3. The summed E-state index contributed by atoms with van der Waals surface area (Å²) < 4.78 is 0. The molecule has 1 unspecified atom stereocenters. The van der Waals surface area contributed by atoms with Gasteiger partial charge in [-0.15, -0.1) is 0 Å². The maximum atomic E-state index is 10.0. The molecule has 0 aliphatic carbocycles. The fourth-order valence-corrected chi connectivity index (χ4v) is 1.31. The van der Waals surface area contributed by atoms with Crippen LogP contribution in [0.3, 0.4) is 0 Å². The Morgan fingerprint density at radius 3 is 2.20 bits per heavy atom. The molecule has 1 N–H and O–H groups in total. The van der Waals surface area contributed by atoms with Gasteiger partial charge >= 0.3 is 0 Å². The van der Waals surface area contributed by atoms with Gasteiger partial charge in [0.15, 0.2) is 0 Å². The van der Waals surface area contributed by atoms with E-state index in [2.05, 4.69) is 25.7 Å². The number of aliphatic hydroxyl groups is 1. The third-order valence-electron chi connectivity index (χ3n) is 2.78. The maximum Gasteiger partial charge on any atom is 0.0917 e. The Balaban J connectivity index is 2.61. The minimum atomic E-state index is -0.407. The normalized spacial score (nSPS) is 14.3. The number of aliphatic hydroxyl groups excluding tert-OH is 1. The average Bonchev–Trinajstić information content (AvgIpc) is 2.17. The summed E-state index contributed by atoms with van der Waals surface area (Å²) in [5.74, 6) is 0. The van der Waals surface area contributed by atoms with Crippen LogP contribution in [0.15, 0.2) is 30.3 Å². The second kappa shape index (κ2) is 4.77. The molecule has 0 amide bonds. The lowest BCUT2D eigenvalue weighted by molar-refractivity contribution is 0.0789. The van der Waals surface area contributed by atoms with E-state index in [-0.39, 0.29) is 5.54 Å². The van der Waals surface area contributed by atoms with Crippen molar-refractivity contribution in [2.45, 2.75) is 32.4 Å². The molecule has 0 heterocycles. The molecule has 1 aromatic carbocycles. The van der Waals surface area contributed by atoms with Crippen molar-refractivity contribution in [3.8, 4) is 0 Å². The zero-order chi connectivity index (χ0) is 11.5. The molecule has 84 valence electrons. The lowest BCUT2D eigenvalue weighted by Gasteiger charge is -2.33. The zero-order valence-electron chi connectivity index (χ0n) is 10.1. The van der Waals surface area contributed by atoms with Gasteiger partial charge in [0.25, 0.3) is 0 Å². The van der Waals surface area contributed by atoms with E-state index in [4.69, 9.17) is 0 Å². The zero-order valence-corrected chi connectivity index (χ0v) is 10.1. The summed E-state index contributed by atoms with van der Waals surface area (Å²) in [6.07, 6.45) is -0.407. The largest absolute Gasteiger partial charge is 0.387 e. The van der Waals surface area contributed by atoms with Gasteiger partial charge in [-0.1, -0.05) is 30.3 Å². The fraction of sp³-hybridized carbons (Fsp3) is 0.538. The molecule has 2 heteroatoms. The van der Waals surface area contributed by atoms with E-state index in [9.17, 15) is 5.11 Å². The van der Waals surface area contributed by atoms with E-state index >= 15 is 0 Å². The van der Waals surface area contributed by atoms with Crippen molar-refractivity contribution in [3.63, 3.8) is 0 Å². The molecule has 1 rings (SSSR count). The van der Waals surface area contributed by atoms with E-state index in [0.29, 0.717) is 6.54 Å². The highest BCUT2D eigenvalue weighted by molar-refractivity contribution is 5.17. The highest BCUT2D eigenvalue weighted by Crippen LogP contribution is 2.18. The molecular weight excluding hydrogens is 186 g/mol. The predicted molar refractivity (Wildman–Crippen MR) is 63.8 cm³/mol. The van der Waals surface area contributed by atoms with Gasteiger partial charge in [0.05, 0.1) is 6.10 Å². The van der Waals surface area contributed by atoms with Gasteiger partial charge in [0.1, 0.15) is 0 Å². The monoisotopic (exact) mass is 207 g/mol. The Labute approximate surface area is 92.5 Å². The van der Waals surface area contributed by atoms with Gasteiger partial charge in [-0.3, -0.25) is 4.90 Å². The quantitative estimate of drug-likeness (QED) is 0.823. The molecule has 0 aliphatic rings. The van der Waals surface area contributed by atoms with Crippen molar-refractivity contribution in [3.05, 3.63) is 35.9 Å². The van der Waals surface area contributed by atoms with E-state index in [1.165, 1.54) is 0 Å². The second-order valence-electron chi connectivity index (χ2n) is 4.98. The van der Waals surface area contributed by atoms with Crippen LogP contribution in [0.1, 0.15) is 32.4 Å². The first kappa shape index (κ1) is 12.2. The minimum Gasteiger partial charge on any atom is -0.387 e. The molecule has 0 aromatic heterocycles. The number of hydrogen-bond acceptors (Lipinski definition) is 2. The molecule has 0 saturated heterocycles. The van der Waals surface area contributed by atoms with Crippen LogP contribution in [0.5, 0.6) is 0 Å². The fourth-order valence-electron chi connectivity index (χ4n) is 1.31. The second-order valence-corrected chi connectivity index (χ2v) is 4.98. The minimum absolute atomic E-state index is 0.0930. The van der Waals surface area contributed by atoms with Crippen LogP contribution >= 0.6 is 0 Å². The van der Waals surface area contributed by atoms with E-state index < -0.39 is 6.10 Å². The van der Waals surface area contributed by atoms with Crippen molar-refractivity contribution in [2.75, 3.05) is 13.6 Å². The van der Waals surface area contributed by atoms with Crippen LogP contribution in [0, 0.1) is 0 Å². The number of hydrogen-bond donors (Lipinski definition) is 1. The summed E-state index contributed by atoms with van der Waals surface area (Å²) in [4.78, 5) is 2.16. The third-order valence-corrected chi connectivity index (χ3v) is 2.78. The Morgan fingerprint density at radius 2 is 1.73 bits per heavy atom. The lowest BCUT2D eigenvalue weighted by atomic mass is 10.0. The van der Waals surface area contributed by atoms with Crippen molar-refractivity contribution >= 4 is 0 Å². The van der Waals surface area contributed by atoms with Crippen LogP contribution < -0.4 is 0 Å². The van der Waals surface area contributed by atoms with Gasteiger partial charge < -0.3 is 5.11 Å². The van der Waals surface area contributed by atoms with Crippen LogP contribution in [0.2, 0.25) is 0 Å². The molecule has 0 saturated carbocycles. The molecular formula is C13H21NO. The molecule has 0 aliphatic heterocycles. The molecule has 0 radical (unpaired) electrons. The first-order valence-corrected chi connectivity index (χ1v) is 5.35. The van der Waals surface area contributed by atoms with Crippen molar-refractivity contribution in [2.24, 2.45) is 0 Å². The summed E-state index contributed by atoms with van der Waals surface area (Å²) in [5, 5.41) is 10.0. The summed E-state index contributed by atoms with van der Waals surface area (Å²) in [6.45, 7) is 7.09. The summed E-state index contributed by atoms with van der Waals surface area (Å²) in [7, 11) is 2.03. The standard InChI is InChI=1S/C13H21NO/c1-13(2,3)14(4)10-12(15)11-8-6-5-7-9-11/h5-9,12,15H,10H2,1-4H3. The first-order valence-electron chi connectivity index (χ1n) is 5.35. The Kier molecular flexibility index (Phi) is 3.89. The number of likely N-dealkylation sites (N-methyl/N-ethyl adjacent to an activating group) is 1. The van der Waals surface area contributed by atoms with Crippen molar-refractivity contribution in [1.82, 2.24) is 4.90 Å². The molecule has 0 spiro atoms. The van der Waals surface area contributed by atoms with Gasteiger partial charge in [-0.25, -0.2) is 0 Å². The summed E-state index contributed by atoms with van der Waals surface area (Å²) >= 11 is 0. The average molecular weight is 207 g/mol. The smallest absolute Gasteiger partial charge is 0.0917 e. The molecule has 0 bridgehead atoms. The molecule has 15 heavy (non-hydrogen) atoms. The van der Waals surface area contributed by atoms with Crippen LogP contribution in [-0.4, -0.2) is 29.1 Å². The molecule has 0 fully saturated rings. The van der Waals surface area contributed by atoms with Crippen LogP contribution in [0.4, 0.5) is 0 Å². The van der Waals surface area contributed by atoms with E-state index in [1.807, 2.05) is 37.4 Å². The third kappa shape index (κ3) is 3.65. The van der Waals surface area contributed by atoms with Gasteiger partial charge in [0.2, 0.25) is 0 Å². The Hall–Kier alpha value is -0.860. The van der Waals surface area contributed by atoms with Gasteiger partial charge in [-0.05, 0) is 33.4 Å². The van der Waals surface area contributed by atoms with Crippen molar-refractivity contribution in [1.29, 1.82) is 0 Å². The summed E-state index contributed by atoms with van der Waals surface area (Å²) in [5.41, 5.74) is 1.07. The summed E-state index contributed by atoms with van der Waals surface area (Å²) in [6, 6.07) is 9.79. The van der Waals surface area contributed by atoms with Gasteiger partial charge in [-0.2, -0.15) is 0 Å². The molecule has 2 nitrogen and oxygen atoms in total. The van der Waals surface area contributed by atoms with Crippen LogP contribution in [-0.2, 0) is 0 Å². The predicted octanol–water partition coefficient (Wildman–Crippen LogP) is 2.45.